The summed E-state index contributed by atoms with van der Waals surface area (Å²) < 4.78 is 39.6. The maximum atomic E-state index is 12.8. The summed E-state index contributed by atoms with van der Waals surface area (Å²) in [4.78, 5) is 0. The van der Waals surface area contributed by atoms with Crippen molar-refractivity contribution in [3.8, 4) is 0 Å². The summed E-state index contributed by atoms with van der Waals surface area (Å²) in [5.41, 5.74) is 7.59. The summed E-state index contributed by atoms with van der Waals surface area (Å²) in [5, 5.41) is 0. The second-order valence-corrected chi connectivity index (χ2v) is 6.65. The van der Waals surface area contributed by atoms with Gasteiger partial charge >= 0.3 is 0 Å². The predicted molar refractivity (Wildman–Crippen MR) is 81.4 cm³/mol. The summed E-state index contributed by atoms with van der Waals surface area (Å²) >= 11 is 0. The molecule has 0 saturated carbocycles. The van der Waals surface area contributed by atoms with Crippen LogP contribution in [0.4, 0.5) is 10.1 Å². The monoisotopic (exact) mass is 308 g/mol. The molecule has 0 spiro atoms. The van der Waals surface area contributed by atoms with E-state index in [1.54, 1.807) is 31.2 Å². The van der Waals surface area contributed by atoms with Gasteiger partial charge in [0.05, 0.1) is 5.75 Å². The van der Waals surface area contributed by atoms with E-state index in [-0.39, 0.29) is 11.8 Å². The minimum Gasteiger partial charge on any atom is -0.399 e. The lowest BCUT2D eigenvalue weighted by Gasteiger charge is -2.15. The van der Waals surface area contributed by atoms with Crippen molar-refractivity contribution in [1.29, 1.82) is 0 Å². The molecule has 1 atom stereocenters. The van der Waals surface area contributed by atoms with Crippen molar-refractivity contribution < 1.29 is 12.8 Å². The van der Waals surface area contributed by atoms with Crippen LogP contribution in [0.5, 0.6) is 0 Å². The highest BCUT2D eigenvalue weighted by Gasteiger charge is 2.16. The van der Waals surface area contributed by atoms with Gasteiger partial charge in [0, 0.05) is 11.7 Å². The molecule has 112 valence electrons. The van der Waals surface area contributed by atoms with Gasteiger partial charge in [-0.2, -0.15) is 0 Å². The summed E-state index contributed by atoms with van der Waals surface area (Å²) in [7, 11) is -3.52. The first-order valence-corrected chi connectivity index (χ1v) is 8.11. The second kappa shape index (κ2) is 6.24. The Bertz CT molecular complexity index is 715. The number of hydrogen-bond donors (Lipinski definition) is 2. The topological polar surface area (TPSA) is 72.2 Å². The molecule has 1 unspecified atom stereocenters. The van der Waals surface area contributed by atoms with Gasteiger partial charge in [0.2, 0.25) is 10.0 Å². The fourth-order valence-corrected chi connectivity index (χ4v) is 3.40. The van der Waals surface area contributed by atoms with Crippen LogP contribution in [0.1, 0.15) is 24.1 Å². The molecule has 0 saturated heterocycles. The van der Waals surface area contributed by atoms with E-state index in [9.17, 15) is 12.8 Å². The molecule has 0 aliphatic carbocycles. The number of sulfonamides is 1. The van der Waals surface area contributed by atoms with E-state index < -0.39 is 15.8 Å². The minimum atomic E-state index is -3.52. The molecule has 0 aliphatic heterocycles. The maximum Gasteiger partial charge on any atom is 0.216 e. The number of nitrogen functional groups attached to an aromatic ring is 1. The van der Waals surface area contributed by atoms with Crippen molar-refractivity contribution in [1.82, 2.24) is 4.72 Å². The smallest absolute Gasteiger partial charge is 0.216 e. The molecule has 0 fully saturated rings. The lowest BCUT2D eigenvalue weighted by atomic mass is 10.1. The van der Waals surface area contributed by atoms with Crippen LogP contribution in [0.15, 0.2) is 48.5 Å². The molecule has 0 heterocycles. The van der Waals surface area contributed by atoms with Gasteiger partial charge in [-0.15, -0.1) is 0 Å². The van der Waals surface area contributed by atoms with Crippen molar-refractivity contribution >= 4 is 15.7 Å². The molecule has 21 heavy (non-hydrogen) atoms. The third-order valence-corrected chi connectivity index (χ3v) is 4.46. The standard InChI is InChI=1S/C15H17FN2O2S/c1-11(13-3-2-4-15(17)9-13)18-21(19,20)10-12-5-7-14(16)8-6-12/h2-9,11,18H,10,17H2,1H3. The highest BCUT2D eigenvalue weighted by Crippen LogP contribution is 2.17. The molecule has 2 aromatic carbocycles. The first kappa shape index (κ1) is 15.5. The van der Waals surface area contributed by atoms with Crippen LogP contribution in [0.25, 0.3) is 0 Å². The van der Waals surface area contributed by atoms with Crippen LogP contribution in [0, 0.1) is 5.82 Å². The van der Waals surface area contributed by atoms with E-state index in [0.717, 1.165) is 5.56 Å². The highest BCUT2D eigenvalue weighted by atomic mass is 32.2. The summed E-state index contributed by atoms with van der Waals surface area (Å²) in [6.07, 6.45) is 0. The van der Waals surface area contributed by atoms with Crippen molar-refractivity contribution in [2.24, 2.45) is 0 Å². The number of anilines is 1. The Morgan fingerprint density at radius 3 is 2.48 bits per heavy atom. The van der Waals surface area contributed by atoms with E-state index in [0.29, 0.717) is 11.3 Å². The number of nitrogens with one attached hydrogen (secondary N) is 1. The van der Waals surface area contributed by atoms with Crippen LogP contribution >= 0.6 is 0 Å². The predicted octanol–water partition coefficient (Wildman–Crippen LogP) is 2.59. The van der Waals surface area contributed by atoms with E-state index in [1.165, 1.54) is 24.3 Å². The number of rotatable bonds is 5. The molecule has 0 amide bonds. The normalized spacial score (nSPS) is 13.0. The van der Waals surface area contributed by atoms with Crippen molar-refractivity contribution in [3.63, 3.8) is 0 Å². The van der Waals surface area contributed by atoms with Gasteiger partial charge in [-0.25, -0.2) is 17.5 Å². The van der Waals surface area contributed by atoms with Crippen molar-refractivity contribution in [2.75, 3.05) is 5.73 Å². The molecule has 2 aromatic rings. The van der Waals surface area contributed by atoms with E-state index >= 15 is 0 Å². The Morgan fingerprint density at radius 2 is 1.86 bits per heavy atom. The van der Waals surface area contributed by atoms with Crippen LogP contribution in [-0.2, 0) is 15.8 Å². The van der Waals surface area contributed by atoms with Crippen LogP contribution in [-0.4, -0.2) is 8.42 Å². The fraction of sp³-hybridized carbons (Fsp3) is 0.200. The second-order valence-electron chi connectivity index (χ2n) is 4.90. The molecule has 2 rings (SSSR count). The number of benzene rings is 2. The summed E-state index contributed by atoms with van der Waals surface area (Å²) in [6, 6.07) is 12.1. The quantitative estimate of drug-likeness (QED) is 0.834. The number of halogens is 1. The van der Waals surface area contributed by atoms with Crippen molar-refractivity contribution in [2.45, 2.75) is 18.7 Å². The lowest BCUT2D eigenvalue weighted by molar-refractivity contribution is 0.566. The van der Waals surface area contributed by atoms with Crippen LogP contribution in [0.2, 0.25) is 0 Å². The Morgan fingerprint density at radius 1 is 1.19 bits per heavy atom. The van der Waals surface area contributed by atoms with Gasteiger partial charge in [0.15, 0.2) is 0 Å². The summed E-state index contributed by atoms with van der Waals surface area (Å²) in [6.45, 7) is 1.75. The molecule has 3 N–H and O–H groups in total. The lowest BCUT2D eigenvalue weighted by Crippen LogP contribution is -2.28. The SMILES string of the molecule is CC(NS(=O)(=O)Cc1ccc(F)cc1)c1cccc(N)c1. The first-order chi connectivity index (χ1) is 9.85. The van der Waals surface area contributed by atoms with Gasteiger partial charge in [-0.1, -0.05) is 24.3 Å². The molecule has 0 aromatic heterocycles. The van der Waals surface area contributed by atoms with Gasteiger partial charge in [0.25, 0.3) is 0 Å². The van der Waals surface area contributed by atoms with Crippen LogP contribution < -0.4 is 10.5 Å². The zero-order chi connectivity index (χ0) is 15.5. The minimum absolute atomic E-state index is 0.195. The van der Waals surface area contributed by atoms with Gasteiger partial charge in [0.1, 0.15) is 5.82 Å². The van der Waals surface area contributed by atoms with Crippen molar-refractivity contribution in [3.05, 3.63) is 65.5 Å². The Hall–Kier alpha value is -1.92. The average Bonchev–Trinajstić information content (AvgIpc) is 2.40. The molecular weight excluding hydrogens is 291 g/mol. The highest BCUT2D eigenvalue weighted by molar-refractivity contribution is 7.88. The molecular formula is C15H17FN2O2S. The molecule has 4 nitrogen and oxygen atoms in total. The third-order valence-electron chi connectivity index (χ3n) is 3.04. The molecule has 0 aliphatic rings. The molecule has 0 radical (unpaired) electrons. The third kappa shape index (κ3) is 4.54. The maximum absolute atomic E-state index is 12.8. The Kier molecular flexibility index (Phi) is 4.59. The number of hydrogen-bond acceptors (Lipinski definition) is 3. The van der Waals surface area contributed by atoms with Crippen LogP contribution in [0.3, 0.4) is 0 Å². The summed E-state index contributed by atoms with van der Waals surface area (Å²) in [5.74, 6) is -0.586. The van der Waals surface area contributed by atoms with E-state index in [2.05, 4.69) is 4.72 Å². The van der Waals surface area contributed by atoms with Gasteiger partial charge in [-0.3, -0.25) is 0 Å². The van der Waals surface area contributed by atoms with E-state index in [1.807, 2.05) is 0 Å². The van der Waals surface area contributed by atoms with E-state index in [4.69, 9.17) is 5.73 Å². The fourth-order valence-electron chi connectivity index (χ4n) is 2.01. The zero-order valence-electron chi connectivity index (χ0n) is 11.6. The first-order valence-electron chi connectivity index (χ1n) is 6.45. The van der Waals surface area contributed by atoms with Gasteiger partial charge < -0.3 is 5.73 Å². The van der Waals surface area contributed by atoms with Gasteiger partial charge in [-0.05, 0) is 42.3 Å². The Labute approximate surface area is 123 Å². The molecule has 6 heteroatoms. The molecule has 0 bridgehead atoms. The largest absolute Gasteiger partial charge is 0.399 e. The Balaban J connectivity index is 2.08. The zero-order valence-corrected chi connectivity index (χ0v) is 12.4. The number of nitrogens with two attached hydrogens (primary N) is 1. The average molecular weight is 308 g/mol.